The van der Waals surface area contributed by atoms with Crippen molar-refractivity contribution in [1.29, 1.82) is 0 Å². The van der Waals surface area contributed by atoms with Crippen LogP contribution in [0.15, 0.2) is 37.0 Å². The van der Waals surface area contributed by atoms with Crippen molar-refractivity contribution in [3.05, 3.63) is 37.0 Å². The monoisotopic (exact) mass is 214 g/mol. The van der Waals surface area contributed by atoms with Gasteiger partial charge in [0.1, 0.15) is 0 Å². The smallest absolute Gasteiger partial charge is 0.0401 e. The largest absolute Gasteiger partial charge is 0.103 e. The third-order valence-corrected chi connectivity index (χ3v) is 0.777. The van der Waals surface area contributed by atoms with Crippen LogP contribution in [0.2, 0.25) is 0 Å². The summed E-state index contributed by atoms with van der Waals surface area (Å²) in [7, 11) is 0. The first-order valence-electron chi connectivity index (χ1n) is 6.05. The summed E-state index contributed by atoms with van der Waals surface area (Å²) in [5.41, 5.74) is 1.23. The van der Waals surface area contributed by atoms with Gasteiger partial charge in [0.05, 0.1) is 0 Å². The van der Waals surface area contributed by atoms with Crippen molar-refractivity contribution in [2.24, 2.45) is 0 Å². The molecule has 0 N–H and O–H groups in total. The Hall–Kier alpha value is -0.780. The lowest BCUT2D eigenvalue weighted by molar-refractivity contribution is 1.49. The molecule has 0 aliphatic carbocycles. The van der Waals surface area contributed by atoms with Gasteiger partial charge in [-0.05, 0) is 20.8 Å². The van der Waals surface area contributed by atoms with Crippen LogP contribution in [0.25, 0.3) is 0 Å². The van der Waals surface area contributed by atoms with E-state index in [0.717, 1.165) is 0 Å². The zero-order valence-corrected chi connectivity index (χ0v) is 12.6. The van der Waals surface area contributed by atoms with Crippen LogP contribution in [-0.4, -0.2) is 0 Å². The van der Waals surface area contributed by atoms with E-state index in [0.29, 0.717) is 0 Å². The fraction of sp³-hybridized carbons (Fsp3) is 0.600. The molecule has 0 unspecified atom stereocenters. The van der Waals surface area contributed by atoms with E-state index in [9.17, 15) is 0 Å². The number of hydrogen-bond donors (Lipinski definition) is 0. The molecule has 0 spiro atoms. The van der Waals surface area contributed by atoms with Crippen LogP contribution in [0.3, 0.4) is 0 Å². The second-order valence-corrected chi connectivity index (χ2v) is 1.65. The van der Waals surface area contributed by atoms with Gasteiger partial charge < -0.3 is 0 Å². The number of rotatable bonds is 1. The Kier molecular flexibility index (Phi) is 141. The van der Waals surface area contributed by atoms with Gasteiger partial charge in [0.25, 0.3) is 0 Å². The van der Waals surface area contributed by atoms with Crippen molar-refractivity contribution >= 4 is 0 Å². The molecular weight excluding hydrogens is 180 g/mol. The average molecular weight is 214 g/mol. The molecule has 0 aromatic heterocycles. The highest BCUT2D eigenvalue weighted by Crippen LogP contribution is 1.88. The number of hydrogen-bond acceptors (Lipinski definition) is 0. The van der Waals surface area contributed by atoms with E-state index in [1.54, 1.807) is 6.08 Å². The quantitative estimate of drug-likeness (QED) is 0.349. The molecule has 0 amide bonds. The highest BCUT2D eigenvalue weighted by Gasteiger charge is 1.66. The molecule has 0 fully saturated rings. The third kappa shape index (κ3) is 161. The van der Waals surface area contributed by atoms with Gasteiger partial charge in [-0.15, -0.1) is 6.58 Å². The van der Waals surface area contributed by atoms with E-state index in [1.165, 1.54) is 5.57 Å². The molecule has 0 aliphatic heterocycles. The van der Waals surface area contributed by atoms with Crippen molar-refractivity contribution in [2.45, 2.75) is 62.3 Å². The first-order valence-corrected chi connectivity index (χ1v) is 6.05. The molecule has 0 radical (unpaired) electrons. The predicted molar refractivity (Wildman–Crippen MR) is 79.5 cm³/mol. The Morgan fingerprint density at radius 2 is 1.00 bits per heavy atom. The van der Waals surface area contributed by atoms with Gasteiger partial charge in [0.15, 0.2) is 0 Å². The van der Waals surface area contributed by atoms with E-state index in [4.69, 9.17) is 0 Å². The summed E-state index contributed by atoms with van der Waals surface area (Å²) in [5.74, 6) is 0. The normalized spacial score (nSPS) is 6.60. The highest BCUT2D eigenvalue weighted by molar-refractivity contribution is 5.10. The van der Waals surface area contributed by atoms with Gasteiger partial charge in [0.2, 0.25) is 0 Å². The van der Waals surface area contributed by atoms with Crippen LogP contribution < -0.4 is 0 Å². The third-order valence-electron chi connectivity index (χ3n) is 0.777. The molecule has 0 aliphatic rings. The van der Waals surface area contributed by atoms with E-state index in [2.05, 4.69) is 13.2 Å². The Balaban J connectivity index is -0.0000000318. The van der Waals surface area contributed by atoms with Crippen molar-refractivity contribution in [1.82, 2.24) is 0 Å². The topological polar surface area (TPSA) is 0 Å². The molecule has 0 bridgehead atoms. The van der Waals surface area contributed by atoms with Crippen molar-refractivity contribution in [3.8, 4) is 0 Å². The summed E-state index contributed by atoms with van der Waals surface area (Å²) in [6, 6.07) is 0. The second kappa shape index (κ2) is 72.4. The van der Waals surface area contributed by atoms with Gasteiger partial charge in [0, 0.05) is 0 Å². The maximum absolute atomic E-state index is 3.56. The Morgan fingerprint density at radius 3 is 1.00 bits per heavy atom. The van der Waals surface area contributed by atoms with Crippen LogP contribution >= 0.6 is 0 Å². The lowest BCUT2D eigenvalue weighted by atomic mass is 10.3. The summed E-state index contributed by atoms with van der Waals surface area (Å²) in [5, 5.41) is 0. The van der Waals surface area contributed by atoms with E-state index >= 15 is 0 Å². The van der Waals surface area contributed by atoms with E-state index in [1.807, 2.05) is 74.5 Å². The lowest BCUT2D eigenvalue weighted by Gasteiger charge is -1.78. The van der Waals surface area contributed by atoms with Crippen molar-refractivity contribution in [2.75, 3.05) is 0 Å². The van der Waals surface area contributed by atoms with Crippen LogP contribution in [-0.2, 0) is 0 Å². The Morgan fingerprint density at radius 1 is 0.800 bits per heavy atom. The fourth-order valence-corrected chi connectivity index (χ4v) is 0.118. The maximum atomic E-state index is 3.56. The van der Waals surface area contributed by atoms with Gasteiger partial charge in [-0.25, -0.2) is 0 Å². The van der Waals surface area contributed by atoms with Gasteiger partial charge in [-0.2, -0.15) is 0 Å². The van der Waals surface area contributed by atoms with Gasteiger partial charge >= 0.3 is 0 Å². The van der Waals surface area contributed by atoms with Crippen LogP contribution in [0.5, 0.6) is 0 Å². The molecule has 15 heavy (non-hydrogen) atoms. The van der Waals surface area contributed by atoms with Gasteiger partial charge in [-0.1, -0.05) is 71.9 Å². The van der Waals surface area contributed by atoms with Crippen LogP contribution in [0.4, 0.5) is 0 Å². The molecule has 0 saturated heterocycles. The zero-order valence-electron chi connectivity index (χ0n) is 12.6. The molecule has 94 valence electrons. The average Bonchev–Trinajstić information content (AvgIpc) is 2.36. The van der Waals surface area contributed by atoms with Gasteiger partial charge in [-0.3, -0.25) is 0 Å². The molecule has 0 heterocycles. The summed E-state index contributed by atoms with van der Waals surface area (Å²) < 4.78 is 0. The first kappa shape index (κ1) is 29.2. The Bertz CT molecular complexity index is 96.6. The Labute approximate surface area is 99.8 Å². The molecule has 0 nitrogen and oxygen atoms in total. The van der Waals surface area contributed by atoms with Crippen LogP contribution in [0.1, 0.15) is 62.3 Å². The summed E-state index contributed by atoms with van der Waals surface area (Å²) in [6.45, 7) is 24.8. The SMILES string of the molecule is C=C/C(C)=C\C.C=CC.CC.CC.CC. The molecule has 0 aromatic rings. The molecule has 0 heteroatoms. The zero-order chi connectivity index (χ0) is 13.7. The predicted octanol–water partition coefficient (Wildman–Crippen LogP) is 6.41. The minimum absolute atomic E-state index is 1.23. The maximum Gasteiger partial charge on any atom is -0.0401 e. The van der Waals surface area contributed by atoms with Crippen molar-refractivity contribution < 1.29 is 0 Å². The standard InChI is InChI=1S/C6H10.C3H6.3C2H6/c1-4-6(3)5-2;1-3-2;3*1-2/h4-5H,1H2,2-3H3;3H,1H2,2H3;3*1-2H3/b6-5-;;;;. The van der Waals surface area contributed by atoms with E-state index < -0.39 is 0 Å². The summed E-state index contributed by atoms with van der Waals surface area (Å²) >= 11 is 0. The van der Waals surface area contributed by atoms with E-state index in [-0.39, 0.29) is 0 Å². The van der Waals surface area contributed by atoms with Crippen LogP contribution in [0, 0.1) is 0 Å². The summed E-state index contributed by atoms with van der Waals surface area (Å²) in [4.78, 5) is 0. The first-order chi connectivity index (χ1) is 7.22. The molecule has 0 rings (SSSR count). The lowest BCUT2D eigenvalue weighted by Crippen LogP contribution is -1.57. The number of allylic oxidation sites excluding steroid dienone is 4. The van der Waals surface area contributed by atoms with Crippen molar-refractivity contribution in [3.63, 3.8) is 0 Å². The molecule has 0 saturated carbocycles. The second-order valence-electron chi connectivity index (χ2n) is 1.65. The fourth-order valence-electron chi connectivity index (χ4n) is 0.118. The summed E-state index contributed by atoms with van der Waals surface area (Å²) in [6.07, 6.45) is 5.60. The molecule has 0 atom stereocenters. The minimum atomic E-state index is 1.23. The highest BCUT2D eigenvalue weighted by atomic mass is 13.7. The minimum Gasteiger partial charge on any atom is -0.103 e. The molecular formula is C15H34. The molecule has 0 aromatic carbocycles.